The molecule has 5 heteroatoms. The summed E-state index contributed by atoms with van der Waals surface area (Å²) in [6.45, 7) is 7.17. The average molecular weight is 265 g/mol. The second kappa shape index (κ2) is 5.33. The van der Waals surface area contributed by atoms with Crippen molar-refractivity contribution in [2.75, 3.05) is 13.1 Å². The summed E-state index contributed by atoms with van der Waals surface area (Å²) < 4.78 is 1.82. The van der Waals surface area contributed by atoms with Crippen LogP contribution in [0.4, 0.5) is 0 Å². The molecule has 2 heterocycles. The monoisotopic (exact) mass is 265 g/mol. The fourth-order valence-electron chi connectivity index (χ4n) is 2.74. The van der Waals surface area contributed by atoms with E-state index in [1.807, 2.05) is 30.5 Å². The largest absolute Gasteiger partial charge is 0.393 e. The van der Waals surface area contributed by atoms with Crippen molar-refractivity contribution in [3.63, 3.8) is 0 Å². The maximum absolute atomic E-state index is 12.3. The van der Waals surface area contributed by atoms with E-state index in [0.717, 1.165) is 29.9 Å². The molecule has 0 radical (unpaired) electrons. The van der Waals surface area contributed by atoms with Gasteiger partial charge in [-0.25, -0.2) is 0 Å². The first-order valence-corrected chi connectivity index (χ1v) is 6.85. The second-order valence-corrected chi connectivity index (χ2v) is 5.58. The average Bonchev–Trinajstić information content (AvgIpc) is 2.91. The summed E-state index contributed by atoms with van der Waals surface area (Å²) in [5, 5.41) is 13.9. The topological polar surface area (TPSA) is 58.4 Å². The van der Waals surface area contributed by atoms with Gasteiger partial charge in [0.15, 0.2) is 0 Å². The maximum Gasteiger partial charge on any atom is 0.227 e. The van der Waals surface area contributed by atoms with Crippen LogP contribution in [0.2, 0.25) is 0 Å². The fraction of sp³-hybridized carbons (Fsp3) is 0.714. The van der Waals surface area contributed by atoms with Crippen molar-refractivity contribution >= 4 is 5.91 Å². The van der Waals surface area contributed by atoms with Crippen LogP contribution in [0.3, 0.4) is 0 Å². The number of amides is 1. The molecule has 1 aliphatic rings. The highest BCUT2D eigenvalue weighted by molar-refractivity contribution is 5.79. The van der Waals surface area contributed by atoms with Gasteiger partial charge in [-0.05, 0) is 27.2 Å². The predicted molar refractivity (Wildman–Crippen MR) is 72.8 cm³/mol. The number of aliphatic hydroxyl groups excluding tert-OH is 1. The molecule has 1 aromatic rings. The smallest absolute Gasteiger partial charge is 0.227 e. The normalized spacial score (nSPS) is 20.9. The van der Waals surface area contributed by atoms with Gasteiger partial charge in [0.1, 0.15) is 0 Å². The first-order valence-electron chi connectivity index (χ1n) is 6.85. The molecular formula is C14H23N3O2. The van der Waals surface area contributed by atoms with E-state index in [0.29, 0.717) is 13.0 Å². The number of likely N-dealkylation sites (tertiary alicyclic amines) is 1. The van der Waals surface area contributed by atoms with Crippen molar-refractivity contribution in [2.45, 2.75) is 39.7 Å². The quantitative estimate of drug-likeness (QED) is 0.880. The Bertz CT molecular complexity index is 479. The standard InChI is InChI=1S/C14H23N3O2/c1-9-13(10(2)16(4)15-9)7-14(19)17-6-5-12(8-17)11(3)18/h11-12,18H,5-8H2,1-4H3. The first-order chi connectivity index (χ1) is 8.90. The highest BCUT2D eigenvalue weighted by atomic mass is 16.3. The number of aliphatic hydroxyl groups is 1. The Hall–Kier alpha value is -1.36. The Labute approximate surface area is 114 Å². The first kappa shape index (κ1) is 14.1. The zero-order chi connectivity index (χ0) is 14.2. The van der Waals surface area contributed by atoms with Crippen LogP contribution in [0.1, 0.15) is 30.3 Å². The molecule has 2 rings (SSSR count). The van der Waals surface area contributed by atoms with Gasteiger partial charge in [0.05, 0.1) is 18.2 Å². The summed E-state index contributed by atoms with van der Waals surface area (Å²) in [5.74, 6) is 0.363. The van der Waals surface area contributed by atoms with Gasteiger partial charge in [-0.2, -0.15) is 5.10 Å². The third kappa shape index (κ3) is 2.81. The third-order valence-corrected chi connectivity index (χ3v) is 4.25. The Kier molecular flexibility index (Phi) is 3.94. The minimum absolute atomic E-state index is 0.141. The lowest BCUT2D eigenvalue weighted by atomic mass is 10.0. The molecule has 106 valence electrons. The molecule has 1 amide bonds. The van der Waals surface area contributed by atoms with Gasteiger partial charge < -0.3 is 10.0 Å². The number of carbonyl (C=O) groups is 1. The van der Waals surface area contributed by atoms with Crippen LogP contribution >= 0.6 is 0 Å². The lowest BCUT2D eigenvalue weighted by Gasteiger charge is -2.17. The molecule has 19 heavy (non-hydrogen) atoms. The van der Waals surface area contributed by atoms with Gasteiger partial charge in [0, 0.05) is 37.3 Å². The van der Waals surface area contributed by atoms with Crippen molar-refractivity contribution in [3.8, 4) is 0 Å². The molecule has 5 nitrogen and oxygen atoms in total. The molecule has 1 N–H and O–H groups in total. The van der Waals surface area contributed by atoms with E-state index < -0.39 is 0 Å². The van der Waals surface area contributed by atoms with Gasteiger partial charge >= 0.3 is 0 Å². The van der Waals surface area contributed by atoms with Crippen LogP contribution in [-0.4, -0.2) is 44.9 Å². The molecule has 1 aromatic heterocycles. The molecular weight excluding hydrogens is 242 g/mol. The number of carbonyl (C=O) groups excluding carboxylic acids is 1. The van der Waals surface area contributed by atoms with Crippen LogP contribution in [0, 0.1) is 19.8 Å². The summed E-state index contributed by atoms with van der Waals surface area (Å²) in [6, 6.07) is 0. The number of hydrogen-bond donors (Lipinski definition) is 1. The van der Waals surface area contributed by atoms with Gasteiger partial charge in [0.2, 0.25) is 5.91 Å². The minimum Gasteiger partial charge on any atom is -0.393 e. The van der Waals surface area contributed by atoms with Crippen LogP contribution in [0.15, 0.2) is 0 Å². The molecule has 1 saturated heterocycles. The van der Waals surface area contributed by atoms with Crippen molar-refractivity contribution in [1.29, 1.82) is 0 Å². The molecule has 2 atom stereocenters. The fourth-order valence-corrected chi connectivity index (χ4v) is 2.74. The number of hydrogen-bond acceptors (Lipinski definition) is 3. The van der Waals surface area contributed by atoms with Crippen molar-refractivity contribution in [3.05, 3.63) is 17.0 Å². The molecule has 0 bridgehead atoms. The Balaban J connectivity index is 2.02. The number of aromatic nitrogens is 2. The van der Waals surface area contributed by atoms with Crippen LogP contribution < -0.4 is 0 Å². The Morgan fingerprint density at radius 2 is 2.21 bits per heavy atom. The van der Waals surface area contributed by atoms with Gasteiger partial charge in [0.25, 0.3) is 0 Å². The SMILES string of the molecule is Cc1nn(C)c(C)c1CC(=O)N1CCC(C(C)O)C1. The van der Waals surface area contributed by atoms with Crippen molar-refractivity contribution < 1.29 is 9.90 Å². The minimum atomic E-state index is -0.334. The predicted octanol–water partition coefficient (Wildman–Crippen LogP) is 0.809. The highest BCUT2D eigenvalue weighted by Gasteiger charge is 2.29. The van der Waals surface area contributed by atoms with Gasteiger partial charge in [-0.15, -0.1) is 0 Å². The molecule has 0 aliphatic carbocycles. The summed E-state index contributed by atoms with van der Waals surface area (Å²) >= 11 is 0. The van der Waals surface area contributed by atoms with E-state index in [1.54, 1.807) is 6.92 Å². The molecule has 0 saturated carbocycles. The summed E-state index contributed by atoms with van der Waals surface area (Å²) in [7, 11) is 1.90. The zero-order valence-electron chi connectivity index (χ0n) is 12.2. The molecule has 1 aliphatic heterocycles. The summed E-state index contributed by atoms with van der Waals surface area (Å²) in [4.78, 5) is 14.2. The number of nitrogens with zero attached hydrogens (tertiary/aromatic N) is 3. The van der Waals surface area contributed by atoms with E-state index in [-0.39, 0.29) is 17.9 Å². The van der Waals surface area contributed by atoms with E-state index in [2.05, 4.69) is 5.10 Å². The van der Waals surface area contributed by atoms with Crippen molar-refractivity contribution in [2.24, 2.45) is 13.0 Å². The summed E-state index contributed by atoms with van der Waals surface area (Å²) in [5.41, 5.74) is 3.02. The van der Waals surface area contributed by atoms with Crippen LogP contribution in [0.5, 0.6) is 0 Å². The lowest BCUT2D eigenvalue weighted by molar-refractivity contribution is -0.129. The van der Waals surface area contributed by atoms with Gasteiger partial charge in [-0.3, -0.25) is 9.48 Å². The highest BCUT2D eigenvalue weighted by Crippen LogP contribution is 2.21. The number of rotatable bonds is 3. The summed E-state index contributed by atoms with van der Waals surface area (Å²) in [6.07, 6.45) is 0.978. The molecule has 0 spiro atoms. The van der Waals surface area contributed by atoms with Crippen molar-refractivity contribution in [1.82, 2.24) is 14.7 Å². The van der Waals surface area contributed by atoms with E-state index >= 15 is 0 Å². The zero-order valence-corrected chi connectivity index (χ0v) is 12.2. The van der Waals surface area contributed by atoms with E-state index in [9.17, 15) is 9.90 Å². The Morgan fingerprint density at radius 1 is 1.53 bits per heavy atom. The van der Waals surface area contributed by atoms with Crippen LogP contribution in [-0.2, 0) is 18.3 Å². The second-order valence-electron chi connectivity index (χ2n) is 5.58. The van der Waals surface area contributed by atoms with E-state index in [1.165, 1.54) is 0 Å². The molecule has 2 unspecified atom stereocenters. The van der Waals surface area contributed by atoms with E-state index in [4.69, 9.17) is 0 Å². The Morgan fingerprint density at radius 3 is 2.68 bits per heavy atom. The number of aryl methyl sites for hydroxylation is 2. The van der Waals surface area contributed by atoms with Gasteiger partial charge in [-0.1, -0.05) is 0 Å². The molecule has 0 aromatic carbocycles. The molecule has 1 fully saturated rings. The lowest BCUT2D eigenvalue weighted by Crippen LogP contribution is -2.31. The maximum atomic E-state index is 12.3. The van der Waals surface area contributed by atoms with Crippen LogP contribution in [0.25, 0.3) is 0 Å². The third-order valence-electron chi connectivity index (χ3n) is 4.25.